The van der Waals surface area contributed by atoms with Crippen molar-refractivity contribution in [1.82, 2.24) is 0 Å². The maximum Gasteiger partial charge on any atom is 0.147 e. The van der Waals surface area contributed by atoms with Crippen LogP contribution in [-0.4, -0.2) is 26.2 Å². The molecule has 4 heteroatoms. The molecule has 0 saturated carbocycles. The summed E-state index contributed by atoms with van der Waals surface area (Å²) in [5.74, 6) is 0.411. The molecule has 3 nitrogen and oxygen atoms in total. The first-order valence-electron chi connectivity index (χ1n) is 4.54. The van der Waals surface area contributed by atoms with Crippen molar-refractivity contribution < 1.29 is 13.2 Å². The maximum absolute atomic E-state index is 11.2. The molecule has 0 bridgehead atoms. The second-order valence-electron chi connectivity index (χ2n) is 3.64. The Morgan fingerprint density at radius 3 is 2.31 bits per heavy atom. The van der Waals surface area contributed by atoms with Crippen molar-refractivity contribution in [2.24, 2.45) is 5.92 Å². The predicted octanol–water partition coefficient (Wildman–Crippen LogP) is 1.43. The molecule has 0 aromatic carbocycles. The van der Waals surface area contributed by atoms with Gasteiger partial charge in [-0.2, -0.15) is 0 Å². The lowest BCUT2D eigenvalue weighted by Crippen LogP contribution is -2.11. The minimum atomic E-state index is -2.98. The highest BCUT2D eigenvalue weighted by Gasteiger charge is 2.10. The molecule has 0 heterocycles. The summed E-state index contributed by atoms with van der Waals surface area (Å²) in [6, 6.07) is 0. The molecule has 0 aromatic heterocycles. The molecule has 0 radical (unpaired) electrons. The fourth-order valence-corrected chi connectivity index (χ4v) is 1.53. The molecular formula is C9H18O3S. The topological polar surface area (TPSA) is 51.2 Å². The summed E-state index contributed by atoms with van der Waals surface area (Å²) in [4.78, 5) is 11.2. The largest absolute Gasteiger partial charge is 0.300 e. The molecule has 0 aliphatic carbocycles. The Kier molecular flexibility index (Phi) is 5.21. The van der Waals surface area contributed by atoms with Gasteiger partial charge in [0.15, 0.2) is 0 Å². The van der Waals surface area contributed by atoms with Crippen molar-refractivity contribution in [3.63, 3.8) is 0 Å². The van der Waals surface area contributed by atoms with Crippen LogP contribution >= 0.6 is 0 Å². The smallest absolute Gasteiger partial charge is 0.147 e. The highest BCUT2D eigenvalue weighted by atomic mass is 32.2. The van der Waals surface area contributed by atoms with Crippen LogP contribution in [0.25, 0.3) is 0 Å². The van der Waals surface area contributed by atoms with Crippen molar-refractivity contribution in [2.45, 2.75) is 33.1 Å². The second kappa shape index (κ2) is 5.37. The molecule has 0 aliphatic rings. The molecule has 0 fully saturated rings. The maximum atomic E-state index is 11.2. The van der Waals surface area contributed by atoms with Gasteiger partial charge < -0.3 is 0 Å². The number of rotatable bonds is 6. The average Bonchev–Trinajstić information content (AvgIpc) is 1.99. The van der Waals surface area contributed by atoms with Gasteiger partial charge in [-0.05, 0) is 5.92 Å². The van der Waals surface area contributed by atoms with Crippen LogP contribution in [0.1, 0.15) is 33.1 Å². The fraction of sp³-hybridized carbons (Fsp3) is 0.889. The lowest BCUT2D eigenvalue weighted by Gasteiger charge is -2.05. The standard InChI is InChI=1S/C9H18O3S/c1-4-8(2)7-9(10)5-6-13(3,11)12/h8H,4-7H2,1-3H3. The summed E-state index contributed by atoms with van der Waals surface area (Å²) in [7, 11) is -2.98. The Bertz CT molecular complexity index is 254. The van der Waals surface area contributed by atoms with Crippen LogP contribution in [0.3, 0.4) is 0 Å². The molecule has 1 unspecified atom stereocenters. The highest BCUT2D eigenvalue weighted by Crippen LogP contribution is 2.08. The quantitative estimate of drug-likeness (QED) is 0.660. The normalized spacial score (nSPS) is 14.1. The van der Waals surface area contributed by atoms with Gasteiger partial charge in [0.05, 0.1) is 5.75 Å². The van der Waals surface area contributed by atoms with Crippen molar-refractivity contribution in [1.29, 1.82) is 0 Å². The van der Waals surface area contributed by atoms with Crippen LogP contribution in [0.2, 0.25) is 0 Å². The second-order valence-corrected chi connectivity index (χ2v) is 5.90. The molecule has 0 N–H and O–H groups in total. The van der Waals surface area contributed by atoms with Gasteiger partial charge in [-0.15, -0.1) is 0 Å². The van der Waals surface area contributed by atoms with Gasteiger partial charge in [0, 0.05) is 19.1 Å². The summed E-state index contributed by atoms with van der Waals surface area (Å²) in [5, 5.41) is 0. The van der Waals surface area contributed by atoms with Crippen molar-refractivity contribution in [2.75, 3.05) is 12.0 Å². The molecule has 13 heavy (non-hydrogen) atoms. The zero-order valence-electron chi connectivity index (χ0n) is 8.54. The minimum absolute atomic E-state index is 0.0116. The van der Waals surface area contributed by atoms with E-state index in [2.05, 4.69) is 0 Å². The number of hydrogen-bond donors (Lipinski definition) is 0. The summed E-state index contributed by atoms with van der Waals surface area (Å²) in [6.07, 6.45) is 2.79. The molecule has 0 spiro atoms. The Morgan fingerprint density at radius 2 is 1.92 bits per heavy atom. The Hall–Kier alpha value is -0.380. The van der Waals surface area contributed by atoms with Crippen LogP contribution in [0.5, 0.6) is 0 Å². The van der Waals surface area contributed by atoms with E-state index in [1.807, 2.05) is 13.8 Å². The minimum Gasteiger partial charge on any atom is -0.300 e. The summed E-state index contributed by atoms with van der Waals surface area (Å²) >= 11 is 0. The van der Waals surface area contributed by atoms with E-state index in [9.17, 15) is 13.2 Å². The molecule has 78 valence electrons. The van der Waals surface area contributed by atoms with E-state index in [1.165, 1.54) is 0 Å². The van der Waals surface area contributed by atoms with Crippen LogP contribution in [0.15, 0.2) is 0 Å². The van der Waals surface area contributed by atoms with Gasteiger partial charge in [0.2, 0.25) is 0 Å². The molecular weight excluding hydrogens is 188 g/mol. The molecule has 0 rings (SSSR count). The van der Waals surface area contributed by atoms with Crippen molar-refractivity contribution >= 4 is 15.6 Å². The SMILES string of the molecule is CCC(C)CC(=O)CCS(C)(=O)=O. The summed E-state index contributed by atoms with van der Waals surface area (Å²) < 4.78 is 21.5. The number of Topliss-reactive ketones (excluding diaryl/α,β-unsaturated/α-hetero) is 1. The van der Waals surface area contributed by atoms with Crippen LogP contribution in [0.4, 0.5) is 0 Å². The molecule has 0 saturated heterocycles. The first-order valence-corrected chi connectivity index (χ1v) is 6.60. The van der Waals surface area contributed by atoms with Gasteiger partial charge in [-0.1, -0.05) is 20.3 Å². The lowest BCUT2D eigenvalue weighted by molar-refractivity contribution is -0.119. The third-order valence-electron chi connectivity index (χ3n) is 2.02. The third kappa shape index (κ3) is 7.96. The monoisotopic (exact) mass is 206 g/mol. The Balaban J connectivity index is 3.77. The van der Waals surface area contributed by atoms with Crippen LogP contribution < -0.4 is 0 Å². The summed E-state index contributed by atoms with van der Waals surface area (Å²) in [5.41, 5.74) is 0. The highest BCUT2D eigenvalue weighted by molar-refractivity contribution is 7.90. The van der Waals surface area contributed by atoms with E-state index in [4.69, 9.17) is 0 Å². The van der Waals surface area contributed by atoms with Crippen molar-refractivity contribution in [3.8, 4) is 0 Å². The van der Waals surface area contributed by atoms with E-state index in [0.717, 1.165) is 12.7 Å². The fourth-order valence-electron chi connectivity index (χ4n) is 0.934. The van der Waals surface area contributed by atoms with Crippen LogP contribution in [-0.2, 0) is 14.6 Å². The summed E-state index contributed by atoms with van der Waals surface area (Å²) in [6.45, 7) is 4.02. The first kappa shape index (κ1) is 12.6. The number of carbonyl (C=O) groups excluding carboxylic acids is 1. The van der Waals surface area contributed by atoms with E-state index in [-0.39, 0.29) is 18.0 Å². The van der Waals surface area contributed by atoms with Gasteiger partial charge >= 0.3 is 0 Å². The van der Waals surface area contributed by atoms with E-state index in [0.29, 0.717) is 12.3 Å². The van der Waals surface area contributed by atoms with Gasteiger partial charge in [0.25, 0.3) is 0 Å². The number of sulfone groups is 1. The van der Waals surface area contributed by atoms with Gasteiger partial charge in [-0.25, -0.2) is 8.42 Å². The van der Waals surface area contributed by atoms with E-state index >= 15 is 0 Å². The Morgan fingerprint density at radius 1 is 1.38 bits per heavy atom. The molecule has 0 aliphatic heterocycles. The third-order valence-corrected chi connectivity index (χ3v) is 2.97. The zero-order chi connectivity index (χ0) is 10.5. The van der Waals surface area contributed by atoms with Crippen molar-refractivity contribution in [3.05, 3.63) is 0 Å². The van der Waals surface area contributed by atoms with Gasteiger partial charge in [-0.3, -0.25) is 4.79 Å². The van der Waals surface area contributed by atoms with Crippen LogP contribution in [0, 0.1) is 5.92 Å². The lowest BCUT2D eigenvalue weighted by atomic mass is 10.0. The number of carbonyl (C=O) groups is 1. The van der Waals surface area contributed by atoms with E-state index < -0.39 is 9.84 Å². The van der Waals surface area contributed by atoms with E-state index in [1.54, 1.807) is 0 Å². The molecule has 1 atom stereocenters. The van der Waals surface area contributed by atoms with Gasteiger partial charge in [0.1, 0.15) is 15.6 Å². The Labute approximate surface area is 80.4 Å². The first-order chi connectivity index (χ1) is 5.85. The predicted molar refractivity (Wildman–Crippen MR) is 53.4 cm³/mol. The number of hydrogen-bond acceptors (Lipinski definition) is 3. The number of ketones is 1. The zero-order valence-corrected chi connectivity index (χ0v) is 9.36. The average molecular weight is 206 g/mol. The molecule has 0 aromatic rings. The molecule has 0 amide bonds.